The van der Waals surface area contributed by atoms with Crippen LogP contribution in [0.25, 0.3) is 10.8 Å². The number of fused-ring (bicyclic) bond motifs is 1. The molecule has 0 atom stereocenters. The maximum atomic E-state index is 10.8. The Morgan fingerprint density at radius 3 is 1.97 bits per heavy atom. The number of phenolic OH excluding ortho intramolecular Hbond substituents is 2. The van der Waals surface area contributed by atoms with Gasteiger partial charge in [-0.05, 0) is 53.9 Å². The minimum atomic E-state index is -1.07. The van der Waals surface area contributed by atoms with Gasteiger partial charge in [0.25, 0.3) is 0 Å². The lowest BCUT2D eigenvalue weighted by Crippen LogP contribution is -1.96. The first kappa shape index (κ1) is 22.5. The summed E-state index contributed by atoms with van der Waals surface area (Å²) in [5, 5.41) is 38.1. The third kappa shape index (κ3) is 5.27. The third-order valence-corrected chi connectivity index (χ3v) is 4.76. The van der Waals surface area contributed by atoms with Gasteiger partial charge in [-0.2, -0.15) is 0 Å². The van der Waals surface area contributed by atoms with E-state index in [0.717, 1.165) is 0 Å². The predicted molar refractivity (Wildman–Crippen MR) is 119 cm³/mol. The quantitative estimate of drug-likeness (QED) is 0.309. The summed E-state index contributed by atoms with van der Waals surface area (Å²) < 4.78 is 5.39. The molecule has 8 heteroatoms. The number of carbonyl (C=O) groups is 2. The van der Waals surface area contributed by atoms with Crippen molar-refractivity contribution in [2.45, 2.75) is 0 Å². The molecule has 0 aliphatic rings. The summed E-state index contributed by atoms with van der Waals surface area (Å²) >= 11 is 5.86. The first-order chi connectivity index (χ1) is 15.3. The van der Waals surface area contributed by atoms with Crippen LogP contribution >= 0.6 is 11.6 Å². The van der Waals surface area contributed by atoms with Gasteiger partial charge in [0.05, 0.1) is 16.1 Å². The molecule has 0 fully saturated rings. The third-order valence-electron chi connectivity index (χ3n) is 4.36. The minimum Gasteiger partial charge on any atom is -0.506 e. The van der Waals surface area contributed by atoms with Gasteiger partial charge >= 0.3 is 11.9 Å². The number of ether oxygens (including phenoxy) is 1. The van der Waals surface area contributed by atoms with Crippen molar-refractivity contribution in [3.8, 4) is 23.0 Å². The van der Waals surface area contributed by atoms with E-state index in [1.807, 2.05) is 6.07 Å². The number of carboxylic acids is 2. The molecule has 0 aromatic heterocycles. The second-order valence-electron chi connectivity index (χ2n) is 6.54. The van der Waals surface area contributed by atoms with Gasteiger partial charge in [0, 0.05) is 5.39 Å². The van der Waals surface area contributed by atoms with Crippen molar-refractivity contribution >= 4 is 34.3 Å². The monoisotopic (exact) mass is 452 g/mol. The Balaban J connectivity index is 0.000000182. The molecule has 0 amide bonds. The molecule has 4 N–H and O–H groups in total. The van der Waals surface area contributed by atoms with Crippen molar-refractivity contribution in [1.29, 1.82) is 0 Å². The predicted octanol–water partition coefficient (Wildman–Crippen LogP) is 5.78. The van der Waals surface area contributed by atoms with Crippen LogP contribution in [-0.2, 0) is 0 Å². The summed E-state index contributed by atoms with van der Waals surface area (Å²) in [6, 6.07) is 20.3. The molecule has 32 heavy (non-hydrogen) atoms. The molecule has 4 aromatic rings. The van der Waals surface area contributed by atoms with Crippen molar-refractivity contribution in [2.24, 2.45) is 0 Å². The van der Waals surface area contributed by atoms with Crippen LogP contribution in [0.4, 0.5) is 0 Å². The summed E-state index contributed by atoms with van der Waals surface area (Å²) in [5.74, 6) is -1.50. The zero-order chi connectivity index (χ0) is 23.3. The standard InChI is InChI=1S/C13H10O4.C11H7ClO3/c14-11-7-6-9(13(15)16)8-12(11)17-10-4-2-1-3-5-10;12-10-8-3-1-7(11(14)15)5-6(8)2-4-9(10)13/h1-8,14H,(H,15,16);1-5,13H,(H,14,15). The van der Waals surface area contributed by atoms with E-state index in [1.54, 1.807) is 36.4 Å². The highest BCUT2D eigenvalue weighted by Gasteiger charge is 2.10. The summed E-state index contributed by atoms with van der Waals surface area (Å²) in [6.45, 7) is 0. The summed E-state index contributed by atoms with van der Waals surface area (Å²) in [6.07, 6.45) is 0. The first-order valence-corrected chi connectivity index (χ1v) is 9.58. The van der Waals surface area contributed by atoms with E-state index in [-0.39, 0.29) is 33.4 Å². The molecular formula is C24H17ClO7. The largest absolute Gasteiger partial charge is 0.506 e. The normalized spacial score (nSPS) is 10.2. The summed E-state index contributed by atoms with van der Waals surface area (Å²) in [4.78, 5) is 21.5. The smallest absolute Gasteiger partial charge is 0.335 e. The molecule has 0 saturated carbocycles. The molecule has 0 spiro atoms. The maximum absolute atomic E-state index is 10.8. The molecule has 0 unspecified atom stereocenters. The van der Waals surface area contributed by atoms with Crippen LogP contribution in [0.15, 0.2) is 78.9 Å². The fraction of sp³-hybridized carbons (Fsp3) is 0. The van der Waals surface area contributed by atoms with E-state index in [0.29, 0.717) is 16.5 Å². The Kier molecular flexibility index (Phi) is 6.82. The number of hydrogen-bond donors (Lipinski definition) is 4. The number of aromatic carboxylic acids is 2. The molecule has 4 aromatic carbocycles. The highest BCUT2D eigenvalue weighted by Crippen LogP contribution is 2.32. The van der Waals surface area contributed by atoms with Crippen LogP contribution in [0.2, 0.25) is 5.02 Å². The topological polar surface area (TPSA) is 124 Å². The highest BCUT2D eigenvalue weighted by atomic mass is 35.5. The van der Waals surface area contributed by atoms with Gasteiger partial charge in [-0.3, -0.25) is 0 Å². The van der Waals surface area contributed by atoms with Crippen molar-refractivity contribution in [2.75, 3.05) is 0 Å². The van der Waals surface area contributed by atoms with Gasteiger partial charge in [-0.1, -0.05) is 41.9 Å². The SMILES string of the molecule is O=C(O)c1ccc(O)c(Oc2ccccc2)c1.O=C(O)c1ccc2c(Cl)c(O)ccc2c1. The average molecular weight is 453 g/mol. The molecule has 162 valence electrons. The van der Waals surface area contributed by atoms with Gasteiger partial charge in [-0.15, -0.1) is 0 Å². The van der Waals surface area contributed by atoms with Gasteiger partial charge in [0.1, 0.15) is 11.5 Å². The minimum absolute atomic E-state index is 0.00718. The molecule has 0 aliphatic carbocycles. The van der Waals surface area contributed by atoms with Gasteiger partial charge < -0.3 is 25.2 Å². The van der Waals surface area contributed by atoms with E-state index in [1.165, 1.54) is 36.4 Å². The van der Waals surface area contributed by atoms with Crippen molar-refractivity contribution in [3.63, 3.8) is 0 Å². The molecule has 0 aliphatic heterocycles. The Bertz CT molecular complexity index is 1290. The van der Waals surface area contributed by atoms with Crippen LogP contribution in [-0.4, -0.2) is 32.4 Å². The first-order valence-electron chi connectivity index (χ1n) is 9.20. The fourth-order valence-corrected chi connectivity index (χ4v) is 2.99. The Morgan fingerprint density at radius 2 is 1.31 bits per heavy atom. The van der Waals surface area contributed by atoms with Crippen LogP contribution < -0.4 is 4.74 Å². The number of halogens is 1. The van der Waals surface area contributed by atoms with E-state index < -0.39 is 11.9 Å². The number of phenols is 2. The van der Waals surface area contributed by atoms with E-state index >= 15 is 0 Å². The van der Waals surface area contributed by atoms with Crippen molar-refractivity contribution in [1.82, 2.24) is 0 Å². The van der Waals surface area contributed by atoms with Gasteiger partial charge in [0.2, 0.25) is 0 Å². The molecular weight excluding hydrogens is 436 g/mol. The molecule has 0 saturated heterocycles. The molecule has 0 bridgehead atoms. The zero-order valence-electron chi connectivity index (χ0n) is 16.4. The van der Waals surface area contributed by atoms with Crippen molar-refractivity contribution in [3.05, 3.63) is 95.0 Å². The number of rotatable bonds is 4. The van der Waals surface area contributed by atoms with Gasteiger partial charge in [-0.25, -0.2) is 9.59 Å². The van der Waals surface area contributed by atoms with Crippen LogP contribution in [0.5, 0.6) is 23.0 Å². The van der Waals surface area contributed by atoms with Crippen LogP contribution in [0.1, 0.15) is 20.7 Å². The summed E-state index contributed by atoms with van der Waals surface area (Å²) in [5.41, 5.74) is 0.262. The lowest BCUT2D eigenvalue weighted by atomic mass is 10.1. The maximum Gasteiger partial charge on any atom is 0.335 e. The number of carboxylic acid groups (broad SMARTS) is 2. The second kappa shape index (κ2) is 9.72. The van der Waals surface area contributed by atoms with Crippen molar-refractivity contribution < 1.29 is 34.8 Å². The van der Waals surface area contributed by atoms with E-state index in [4.69, 9.17) is 26.6 Å². The molecule has 0 heterocycles. The molecule has 0 radical (unpaired) electrons. The lowest BCUT2D eigenvalue weighted by Gasteiger charge is -2.07. The number of aromatic hydroxyl groups is 2. The Labute approximate surface area is 187 Å². The average Bonchev–Trinajstić information content (AvgIpc) is 2.78. The van der Waals surface area contributed by atoms with Crippen LogP contribution in [0.3, 0.4) is 0 Å². The lowest BCUT2D eigenvalue weighted by molar-refractivity contribution is 0.0686. The highest BCUT2D eigenvalue weighted by molar-refractivity contribution is 6.37. The van der Waals surface area contributed by atoms with E-state index in [2.05, 4.69) is 0 Å². The number of benzene rings is 4. The van der Waals surface area contributed by atoms with Crippen LogP contribution in [0, 0.1) is 0 Å². The Morgan fingerprint density at radius 1 is 0.719 bits per heavy atom. The molecule has 7 nitrogen and oxygen atoms in total. The fourth-order valence-electron chi connectivity index (χ4n) is 2.76. The number of hydrogen-bond acceptors (Lipinski definition) is 5. The number of para-hydroxylation sites is 1. The van der Waals surface area contributed by atoms with E-state index in [9.17, 15) is 19.8 Å². The zero-order valence-corrected chi connectivity index (χ0v) is 17.2. The summed E-state index contributed by atoms with van der Waals surface area (Å²) in [7, 11) is 0. The molecule has 4 rings (SSSR count). The van der Waals surface area contributed by atoms with Gasteiger partial charge in [0.15, 0.2) is 11.5 Å². The Hall–Kier alpha value is -4.23. The second-order valence-corrected chi connectivity index (χ2v) is 6.92.